The molecule has 1 aliphatic heterocycles. The quantitative estimate of drug-likeness (QED) is 0.442. The highest BCUT2D eigenvalue weighted by atomic mass is 16.7. The number of carbonyl (C=O) groups excluding carboxylic acids is 1. The molecule has 0 aliphatic carbocycles. The lowest BCUT2D eigenvalue weighted by molar-refractivity contribution is -0.199. The van der Waals surface area contributed by atoms with Crippen LogP contribution in [0.4, 0.5) is 0 Å². The maximum atomic E-state index is 11.5. The van der Waals surface area contributed by atoms with Crippen molar-refractivity contribution in [2.24, 2.45) is 0 Å². The predicted octanol–water partition coefficient (Wildman–Crippen LogP) is -1.03. The third kappa shape index (κ3) is 2.03. The first-order valence-corrected chi connectivity index (χ1v) is 4.33. The summed E-state index contributed by atoms with van der Waals surface area (Å²) in [7, 11) is 4.83. The van der Waals surface area contributed by atoms with Crippen molar-refractivity contribution in [3.8, 4) is 0 Å². The Labute approximate surface area is 83.1 Å². The van der Waals surface area contributed by atoms with Gasteiger partial charge in [0.1, 0.15) is 19.7 Å². The standard InChI is InChI=1S/C8H16N2O4/c1-9-7-6(14-5-13-3)8(11)10(7)4-12-2/h6-7,9H,4-5H2,1-3H3. The van der Waals surface area contributed by atoms with Crippen LogP contribution in [0.25, 0.3) is 0 Å². The Bertz CT molecular complexity index is 200. The molecule has 0 spiro atoms. The molecule has 1 fully saturated rings. The smallest absolute Gasteiger partial charge is 0.258 e. The molecule has 2 atom stereocenters. The molecule has 6 heteroatoms. The normalized spacial score (nSPS) is 26.5. The van der Waals surface area contributed by atoms with Gasteiger partial charge in [0.2, 0.25) is 0 Å². The van der Waals surface area contributed by atoms with E-state index in [9.17, 15) is 4.79 Å². The summed E-state index contributed by atoms with van der Waals surface area (Å²) in [5.41, 5.74) is 0. The van der Waals surface area contributed by atoms with E-state index in [-0.39, 0.29) is 25.6 Å². The number of methoxy groups -OCH3 is 2. The molecule has 0 aromatic heterocycles. The predicted molar refractivity (Wildman–Crippen MR) is 48.3 cm³/mol. The third-order valence-corrected chi connectivity index (χ3v) is 2.08. The third-order valence-electron chi connectivity index (χ3n) is 2.08. The zero-order valence-corrected chi connectivity index (χ0v) is 8.65. The molecule has 0 aromatic carbocycles. The maximum Gasteiger partial charge on any atom is 0.258 e. The number of likely N-dealkylation sites (tertiary alicyclic amines) is 1. The molecule has 6 nitrogen and oxygen atoms in total. The zero-order chi connectivity index (χ0) is 10.6. The molecule has 1 aliphatic rings. The van der Waals surface area contributed by atoms with Gasteiger partial charge in [-0.05, 0) is 7.05 Å². The number of hydrogen-bond acceptors (Lipinski definition) is 5. The van der Waals surface area contributed by atoms with Crippen LogP contribution >= 0.6 is 0 Å². The highest BCUT2D eigenvalue weighted by Gasteiger charge is 2.47. The van der Waals surface area contributed by atoms with Crippen LogP contribution in [0, 0.1) is 0 Å². The summed E-state index contributed by atoms with van der Waals surface area (Å²) in [5, 5.41) is 2.97. The van der Waals surface area contributed by atoms with Crippen LogP contribution in [0.5, 0.6) is 0 Å². The largest absolute Gasteiger partial charge is 0.364 e. The van der Waals surface area contributed by atoms with Gasteiger partial charge in [-0.15, -0.1) is 0 Å². The van der Waals surface area contributed by atoms with Gasteiger partial charge in [0, 0.05) is 14.2 Å². The van der Waals surface area contributed by atoms with Crippen molar-refractivity contribution < 1.29 is 19.0 Å². The summed E-state index contributed by atoms with van der Waals surface area (Å²) in [6.45, 7) is 0.395. The van der Waals surface area contributed by atoms with E-state index >= 15 is 0 Å². The molecular formula is C8H16N2O4. The fraction of sp³-hybridized carbons (Fsp3) is 0.875. The molecule has 0 radical (unpaired) electrons. The number of likely N-dealkylation sites (N-methyl/N-ethyl adjacent to an activating group) is 1. The Morgan fingerprint density at radius 2 is 2.14 bits per heavy atom. The van der Waals surface area contributed by atoms with Gasteiger partial charge in [-0.25, -0.2) is 0 Å². The van der Waals surface area contributed by atoms with Crippen molar-refractivity contribution in [1.29, 1.82) is 0 Å². The number of nitrogens with one attached hydrogen (secondary N) is 1. The second-order valence-corrected chi connectivity index (χ2v) is 2.95. The van der Waals surface area contributed by atoms with Gasteiger partial charge in [0.05, 0.1) is 0 Å². The summed E-state index contributed by atoms with van der Waals surface area (Å²) in [6, 6.07) is 0. The minimum atomic E-state index is -0.463. The summed E-state index contributed by atoms with van der Waals surface area (Å²) in [5.74, 6) is -0.0803. The minimum absolute atomic E-state index is 0.0803. The SMILES string of the molecule is CNC1C(OCOC)C(=O)N1COC. The summed E-state index contributed by atoms with van der Waals surface area (Å²) >= 11 is 0. The number of ether oxygens (including phenoxy) is 3. The number of β-lactam (4-membered cyclic amide) rings is 1. The fourth-order valence-electron chi connectivity index (χ4n) is 1.41. The van der Waals surface area contributed by atoms with Crippen molar-refractivity contribution in [2.75, 3.05) is 34.8 Å². The van der Waals surface area contributed by atoms with E-state index in [1.165, 1.54) is 7.11 Å². The number of hydrogen-bond donors (Lipinski definition) is 1. The summed E-state index contributed by atoms with van der Waals surface area (Å²) in [4.78, 5) is 13.0. The van der Waals surface area contributed by atoms with Gasteiger partial charge in [0.15, 0.2) is 6.10 Å². The molecule has 1 saturated heterocycles. The Hall–Kier alpha value is -0.690. The van der Waals surface area contributed by atoms with Crippen LogP contribution in [-0.2, 0) is 19.0 Å². The van der Waals surface area contributed by atoms with Crippen molar-refractivity contribution >= 4 is 5.91 Å². The van der Waals surface area contributed by atoms with Crippen molar-refractivity contribution in [3.05, 3.63) is 0 Å². The molecule has 1 N–H and O–H groups in total. The van der Waals surface area contributed by atoms with Crippen LogP contribution in [0.1, 0.15) is 0 Å². The first kappa shape index (κ1) is 11.4. The Kier molecular flexibility index (Phi) is 4.27. The zero-order valence-electron chi connectivity index (χ0n) is 8.65. The van der Waals surface area contributed by atoms with Gasteiger partial charge in [-0.2, -0.15) is 0 Å². The summed E-state index contributed by atoms with van der Waals surface area (Å²) < 4.78 is 14.8. The molecule has 1 heterocycles. The molecule has 82 valence electrons. The van der Waals surface area contributed by atoms with E-state index in [0.29, 0.717) is 0 Å². The van der Waals surface area contributed by atoms with Crippen LogP contribution in [0.15, 0.2) is 0 Å². The molecule has 0 bridgehead atoms. The maximum absolute atomic E-state index is 11.5. The number of rotatable bonds is 6. The Morgan fingerprint density at radius 3 is 2.64 bits per heavy atom. The Morgan fingerprint density at radius 1 is 1.43 bits per heavy atom. The topological polar surface area (TPSA) is 60.0 Å². The van der Waals surface area contributed by atoms with Crippen LogP contribution in [0.2, 0.25) is 0 Å². The molecular weight excluding hydrogens is 188 g/mol. The monoisotopic (exact) mass is 204 g/mol. The molecule has 14 heavy (non-hydrogen) atoms. The minimum Gasteiger partial charge on any atom is -0.364 e. The first-order chi connectivity index (χ1) is 6.76. The molecule has 2 unspecified atom stereocenters. The van der Waals surface area contributed by atoms with Gasteiger partial charge in [0.25, 0.3) is 5.91 Å². The second-order valence-electron chi connectivity index (χ2n) is 2.95. The first-order valence-electron chi connectivity index (χ1n) is 4.33. The van der Waals surface area contributed by atoms with Gasteiger partial charge < -0.3 is 14.2 Å². The molecule has 1 rings (SSSR count). The van der Waals surface area contributed by atoms with E-state index in [1.807, 2.05) is 0 Å². The van der Waals surface area contributed by atoms with Gasteiger partial charge in [-0.1, -0.05) is 0 Å². The molecule has 1 amide bonds. The number of amides is 1. The van der Waals surface area contributed by atoms with Crippen molar-refractivity contribution in [3.63, 3.8) is 0 Å². The van der Waals surface area contributed by atoms with Crippen LogP contribution in [0.3, 0.4) is 0 Å². The Balaban J connectivity index is 2.42. The van der Waals surface area contributed by atoms with E-state index in [4.69, 9.17) is 14.2 Å². The van der Waals surface area contributed by atoms with E-state index in [1.54, 1.807) is 19.1 Å². The number of carbonyl (C=O) groups is 1. The lowest BCUT2D eigenvalue weighted by atomic mass is 10.1. The lowest BCUT2D eigenvalue weighted by Crippen LogP contribution is -2.70. The van der Waals surface area contributed by atoms with E-state index < -0.39 is 6.10 Å². The highest BCUT2D eigenvalue weighted by Crippen LogP contribution is 2.20. The lowest BCUT2D eigenvalue weighted by Gasteiger charge is -2.45. The molecule has 0 aromatic rings. The molecule has 0 saturated carbocycles. The van der Waals surface area contributed by atoms with Crippen LogP contribution < -0.4 is 5.32 Å². The van der Waals surface area contributed by atoms with Crippen molar-refractivity contribution in [1.82, 2.24) is 10.2 Å². The van der Waals surface area contributed by atoms with Gasteiger partial charge in [-0.3, -0.25) is 15.0 Å². The highest BCUT2D eigenvalue weighted by molar-refractivity contribution is 5.88. The van der Waals surface area contributed by atoms with Crippen molar-refractivity contribution in [2.45, 2.75) is 12.3 Å². The second kappa shape index (κ2) is 5.26. The fourth-order valence-corrected chi connectivity index (χ4v) is 1.41. The van der Waals surface area contributed by atoms with E-state index in [0.717, 1.165) is 0 Å². The van der Waals surface area contributed by atoms with E-state index in [2.05, 4.69) is 5.32 Å². The average molecular weight is 204 g/mol. The average Bonchev–Trinajstić information content (AvgIpc) is 2.20. The van der Waals surface area contributed by atoms with Gasteiger partial charge >= 0.3 is 0 Å². The summed E-state index contributed by atoms with van der Waals surface area (Å²) in [6.07, 6.45) is -0.590. The van der Waals surface area contributed by atoms with Crippen LogP contribution in [-0.4, -0.2) is 57.9 Å². The number of nitrogens with zero attached hydrogens (tertiary/aromatic N) is 1.